The van der Waals surface area contributed by atoms with Gasteiger partial charge in [0.2, 0.25) is 17.7 Å². The average Bonchev–Trinajstić information content (AvgIpc) is 3.43. The molecule has 4 rings (SSSR count). The number of hydrogen-bond acceptors (Lipinski definition) is 6. The van der Waals surface area contributed by atoms with E-state index >= 15 is 0 Å². The van der Waals surface area contributed by atoms with Crippen molar-refractivity contribution in [3.63, 3.8) is 0 Å². The molecule has 0 saturated heterocycles. The van der Waals surface area contributed by atoms with Crippen molar-refractivity contribution in [3.05, 3.63) is 66.0 Å². The molecule has 1 aromatic heterocycles. The molecule has 2 bridgehead atoms. The van der Waals surface area contributed by atoms with Crippen LogP contribution in [0.25, 0.3) is 11.4 Å². The third-order valence-electron chi connectivity index (χ3n) is 6.97. The number of aromatic nitrogens is 2. The molecule has 1 aliphatic rings. The highest BCUT2D eigenvalue weighted by Crippen LogP contribution is 2.32. The Balaban J connectivity index is 1.58. The molecule has 3 amide bonds. The number of nitrogens with one attached hydrogen (secondary N) is 2. The molecule has 0 aliphatic carbocycles. The van der Waals surface area contributed by atoms with Crippen LogP contribution in [0.15, 0.2) is 48.8 Å². The minimum absolute atomic E-state index is 0.0343. The quantitative estimate of drug-likeness (QED) is 0.478. The molecule has 2 aromatic carbocycles. The molecule has 42 heavy (non-hydrogen) atoms. The highest BCUT2D eigenvalue weighted by atomic mass is 19.2. The Hall–Kier alpha value is -4.48. The zero-order chi connectivity index (χ0) is 30.2. The predicted octanol–water partition coefficient (Wildman–Crippen LogP) is 2.95. The SMILES string of the molecule is COc1ccc2cc1OCCN(C(=O)CCc1ccc(F)c(F)c1)CC(=O)N[C@H](C(C)C)C(=O)NCCn1ccnc1-2. The summed E-state index contributed by atoms with van der Waals surface area (Å²) in [5.41, 5.74) is 1.22. The monoisotopic (exact) mass is 583 g/mol. The fourth-order valence-corrected chi connectivity index (χ4v) is 4.68. The van der Waals surface area contributed by atoms with E-state index in [2.05, 4.69) is 15.6 Å². The van der Waals surface area contributed by atoms with Gasteiger partial charge in [-0.05, 0) is 48.2 Å². The number of halogens is 2. The van der Waals surface area contributed by atoms with Crippen LogP contribution in [0.3, 0.4) is 0 Å². The number of carbonyl (C=O) groups is 3. The number of ether oxygens (including phenoxy) is 2. The van der Waals surface area contributed by atoms with Crippen LogP contribution < -0.4 is 20.1 Å². The zero-order valence-corrected chi connectivity index (χ0v) is 23.9. The molecule has 10 nitrogen and oxygen atoms in total. The van der Waals surface area contributed by atoms with Gasteiger partial charge in [0, 0.05) is 37.5 Å². The number of hydrogen-bond donors (Lipinski definition) is 2. The molecule has 12 heteroatoms. The van der Waals surface area contributed by atoms with Gasteiger partial charge in [-0.2, -0.15) is 0 Å². The average molecular weight is 584 g/mol. The Labute approximate surface area is 243 Å². The molecule has 1 aliphatic heterocycles. The molecule has 1 atom stereocenters. The lowest BCUT2D eigenvalue weighted by Crippen LogP contribution is -2.53. The van der Waals surface area contributed by atoms with Crippen molar-refractivity contribution in [3.8, 4) is 22.9 Å². The molecule has 0 saturated carbocycles. The first-order valence-electron chi connectivity index (χ1n) is 13.8. The molecule has 0 spiro atoms. The van der Waals surface area contributed by atoms with Gasteiger partial charge in [0.1, 0.15) is 18.5 Å². The van der Waals surface area contributed by atoms with Gasteiger partial charge in [0.15, 0.2) is 23.1 Å². The van der Waals surface area contributed by atoms with Crippen molar-refractivity contribution in [1.82, 2.24) is 25.1 Å². The number of methoxy groups -OCH3 is 1. The topological polar surface area (TPSA) is 115 Å². The highest BCUT2D eigenvalue weighted by molar-refractivity contribution is 5.90. The molecule has 2 heterocycles. The number of fused-ring (bicyclic) bond motifs is 4. The van der Waals surface area contributed by atoms with E-state index in [4.69, 9.17) is 9.47 Å². The largest absolute Gasteiger partial charge is 0.493 e. The molecule has 2 N–H and O–H groups in total. The number of imidazole rings is 1. The summed E-state index contributed by atoms with van der Waals surface area (Å²) in [6.45, 7) is 4.15. The first kappa shape index (κ1) is 30.5. The van der Waals surface area contributed by atoms with Crippen LogP contribution in [-0.2, 0) is 27.3 Å². The van der Waals surface area contributed by atoms with Crippen molar-refractivity contribution < 1.29 is 32.6 Å². The van der Waals surface area contributed by atoms with E-state index in [9.17, 15) is 23.2 Å². The number of carbonyl (C=O) groups excluding carboxylic acids is 3. The molecule has 3 aromatic rings. The van der Waals surface area contributed by atoms with Crippen molar-refractivity contribution >= 4 is 17.7 Å². The smallest absolute Gasteiger partial charge is 0.242 e. The lowest BCUT2D eigenvalue weighted by molar-refractivity contribution is -0.137. The first-order chi connectivity index (χ1) is 20.2. The third kappa shape index (κ3) is 7.62. The Kier molecular flexibility index (Phi) is 10.1. The highest BCUT2D eigenvalue weighted by Gasteiger charge is 2.26. The van der Waals surface area contributed by atoms with Gasteiger partial charge in [0.25, 0.3) is 0 Å². The summed E-state index contributed by atoms with van der Waals surface area (Å²) in [5.74, 6) is -1.82. The molecular formula is C30H35F2N5O5. The number of amides is 3. The van der Waals surface area contributed by atoms with Crippen LogP contribution in [-0.4, -0.2) is 71.6 Å². The van der Waals surface area contributed by atoms with E-state index in [1.165, 1.54) is 18.1 Å². The minimum Gasteiger partial charge on any atom is -0.493 e. The summed E-state index contributed by atoms with van der Waals surface area (Å²) in [6.07, 6.45) is 3.58. The zero-order valence-electron chi connectivity index (χ0n) is 23.9. The summed E-state index contributed by atoms with van der Waals surface area (Å²) < 4.78 is 40.4. The van der Waals surface area contributed by atoms with E-state index in [1.54, 1.807) is 18.3 Å². The van der Waals surface area contributed by atoms with Gasteiger partial charge in [0.05, 0.1) is 20.2 Å². The van der Waals surface area contributed by atoms with Crippen LogP contribution in [0, 0.1) is 17.6 Å². The Morgan fingerprint density at radius 1 is 1.14 bits per heavy atom. The maximum absolute atomic E-state index is 13.7. The fourth-order valence-electron chi connectivity index (χ4n) is 4.68. The van der Waals surface area contributed by atoms with Crippen molar-refractivity contribution in [2.24, 2.45) is 5.92 Å². The van der Waals surface area contributed by atoms with Gasteiger partial charge < -0.3 is 29.6 Å². The lowest BCUT2D eigenvalue weighted by Gasteiger charge is -2.26. The minimum atomic E-state index is -0.995. The summed E-state index contributed by atoms with van der Waals surface area (Å²) >= 11 is 0. The summed E-state index contributed by atoms with van der Waals surface area (Å²) in [5, 5.41) is 5.63. The van der Waals surface area contributed by atoms with E-state index < -0.39 is 23.6 Å². The Bertz CT molecular complexity index is 1430. The van der Waals surface area contributed by atoms with Crippen LogP contribution in [0.1, 0.15) is 25.8 Å². The Morgan fingerprint density at radius 3 is 2.69 bits per heavy atom. The van der Waals surface area contributed by atoms with Crippen LogP contribution in [0.5, 0.6) is 11.5 Å². The van der Waals surface area contributed by atoms with Crippen molar-refractivity contribution in [1.29, 1.82) is 0 Å². The van der Waals surface area contributed by atoms with Gasteiger partial charge in [-0.25, -0.2) is 13.8 Å². The van der Waals surface area contributed by atoms with E-state index in [0.717, 1.165) is 17.7 Å². The predicted molar refractivity (Wildman–Crippen MR) is 151 cm³/mol. The maximum Gasteiger partial charge on any atom is 0.242 e. The molecule has 0 radical (unpaired) electrons. The fraction of sp³-hybridized carbons (Fsp3) is 0.400. The third-order valence-corrected chi connectivity index (χ3v) is 6.97. The normalized spacial score (nSPS) is 16.6. The van der Waals surface area contributed by atoms with E-state index in [1.807, 2.05) is 30.7 Å². The van der Waals surface area contributed by atoms with Crippen LogP contribution in [0.4, 0.5) is 8.78 Å². The van der Waals surface area contributed by atoms with Crippen molar-refractivity contribution in [2.45, 2.75) is 39.3 Å². The second kappa shape index (κ2) is 13.9. The first-order valence-corrected chi connectivity index (χ1v) is 13.8. The van der Waals surface area contributed by atoms with Gasteiger partial charge in [-0.1, -0.05) is 19.9 Å². The van der Waals surface area contributed by atoms with E-state index in [-0.39, 0.29) is 50.3 Å². The van der Waals surface area contributed by atoms with Crippen LogP contribution in [0.2, 0.25) is 0 Å². The second-order valence-corrected chi connectivity index (χ2v) is 10.3. The lowest BCUT2D eigenvalue weighted by atomic mass is 10.0. The summed E-state index contributed by atoms with van der Waals surface area (Å²) in [4.78, 5) is 45.1. The molecule has 0 unspecified atom stereocenters. The van der Waals surface area contributed by atoms with Gasteiger partial charge >= 0.3 is 0 Å². The number of nitrogens with zero attached hydrogens (tertiary/aromatic N) is 3. The number of benzene rings is 2. The second-order valence-electron chi connectivity index (χ2n) is 10.3. The molecule has 0 fully saturated rings. The number of aryl methyl sites for hydroxylation is 1. The summed E-state index contributed by atoms with van der Waals surface area (Å²) in [6, 6.07) is 8.04. The van der Waals surface area contributed by atoms with E-state index in [0.29, 0.717) is 36.0 Å². The summed E-state index contributed by atoms with van der Waals surface area (Å²) in [7, 11) is 1.52. The van der Waals surface area contributed by atoms with Crippen LogP contribution >= 0.6 is 0 Å². The van der Waals surface area contributed by atoms with Gasteiger partial charge in [-0.15, -0.1) is 0 Å². The molecular weight excluding hydrogens is 548 g/mol. The van der Waals surface area contributed by atoms with Crippen molar-refractivity contribution in [2.75, 3.05) is 33.4 Å². The standard InChI is InChI=1S/C30H35F2N5O5/c1-19(2)28-30(40)34-11-13-36-12-10-33-29(36)21-6-8-24(41-3)25(17-21)42-15-14-37(18-26(38)35-28)27(39)9-5-20-4-7-22(31)23(32)16-20/h4,6-8,10,12,16-17,19,28H,5,9,11,13-15,18H2,1-3H3,(H,34,40)(H,35,38)/t28-/m1/s1. The Morgan fingerprint density at radius 2 is 1.95 bits per heavy atom. The molecule has 224 valence electrons. The van der Waals surface area contributed by atoms with Gasteiger partial charge in [-0.3, -0.25) is 14.4 Å². The maximum atomic E-state index is 13.7. The number of rotatable bonds is 5.